The van der Waals surface area contributed by atoms with E-state index in [1.165, 1.54) is 0 Å². The summed E-state index contributed by atoms with van der Waals surface area (Å²) < 4.78 is 2.13. The second-order valence-electron chi connectivity index (χ2n) is 8.65. The first kappa shape index (κ1) is 18.2. The number of anilines is 1. The number of pyridine rings is 1. The van der Waals surface area contributed by atoms with Gasteiger partial charge >= 0.3 is 0 Å². The van der Waals surface area contributed by atoms with Crippen LogP contribution in [0.2, 0.25) is 0 Å². The Morgan fingerprint density at radius 3 is 2.79 bits per heavy atom. The van der Waals surface area contributed by atoms with Crippen molar-refractivity contribution < 1.29 is 9.59 Å². The third-order valence-corrected chi connectivity index (χ3v) is 6.83. The van der Waals surface area contributed by atoms with Gasteiger partial charge in [-0.3, -0.25) is 9.59 Å². The summed E-state index contributed by atoms with van der Waals surface area (Å²) in [4.78, 5) is 36.2. The van der Waals surface area contributed by atoms with E-state index >= 15 is 0 Å². The number of hydrogen-bond donors (Lipinski definition) is 0. The first-order valence-electron chi connectivity index (χ1n) is 10.4. The molecule has 2 aromatic rings. The zero-order valence-corrected chi connectivity index (χ0v) is 17.0. The van der Waals surface area contributed by atoms with Crippen molar-refractivity contribution >= 4 is 17.5 Å². The number of fused-ring (bicyclic) bond motifs is 4. The summed E-state index contributed by atoms with van der Waals surface area (Å²) in [6.07, 6.45) is 7.80. The molecule has 4 heterocycles. The van der Waals surface area contributed by atoms with Gasteiger partial charge < -0.3 is 19.3 Å². The molecule has 5 rings (SSSR count). The highest BCUT2D eigenvalue weighted by Crippen LogP contribution is 2.47. The summed E-state index contributed by atoms with van der Waals surface area (Å²) in [6, 6.07) is 8.10. The van der Waals surface area contributed by atoms with Crippen LogP contribution in [0.25, 0.3) is 5.82 Å². The van der Waals surface area contributed by atoms with Crippen molar-refractivity contribution in [3.8, 4) is 5.82 Å². The van der Waals surface area contributed by atoms with Crippen molar-refractivity contribution in [2.75, 3.05) is 38.6 Å². The minimum absolute atomic E-state index is 0.0444. The smallest absolute Gasteiger partial charge is 0.241 e. The van der Waals surface area contributed by atoms with Gasteiger partial charge in [0, 0.05) is 45.5 Å². The van der Waals surface area contributed by atoms with Crippen molar-refractivity contribution in [3.63, 3.8) is 0 Å². The Morgan fingerprint density at radius 1 is 1.24 bits per heavy atom. The number of carbonyl (C=O) groups is 2. The number of carbonyl (C=O) groups excluding carboxylic acids is 2. The maximum absolute atomic E-state index is 13.0. The van der Waals surface area contributed by atoms with Gasteiger partial charge in [0.15, 0.2) is 5.82 Å². The van der Waals surface area contributed by atoms with E-state index in [1.807, 2.05) is 29.3 Å². The quantitative estimate of drug-likeness (QED) is 0.800. The van der Waals surface area contributed by atoms with Crippen molar-refractivity contribution in [1.29, 1.82) is 0 Å². The van der Waals surface area contributed by atoms with Crippen LogP contribution in [-0.2, 0) is 15.1 Å². The number of amides is 2. The topological polar surface area (TPSA) is 61.7 Å². The van der Waals surface area contributed by atoms with E-state index in [1.54, 1.807) is 25.2 Å². The van der Waals surface area contributed by atoms with Crippen LogP contribution in [0.3, 0.4) is 0 Å². The van der Waals surface area contributed by atoms with Gasteiger partial charge in [-0.25, -0.2) is 4.98 Å². The van der Waals surface area contributed by atoms with Crippen molar-refractivity contribution in [2.24, 2.45) is 5.92 Å². The summed E-state index contributed by atoms with van der Waals surface area (Å²) in [5.74, 6) is 1.35. The lowest BCUT2D eigenvalue weighted by molar-refractivity contribution is -0.137. The molecule has 7 nitrogen and oxygen atoms in total. The number of rotatable bonds is 3. The maximum atomic E-state index is 13.0. The first-order chi connectivity index (χ1) is 14.0. The minimum Gasteiger partial charge on any atom is -0.347 e. The molecule has 2 aromatic heterocycles. The number of nitrogens with zero attached hydrogens (tertiary/aromatic N) is 5. The molecule has 7 heteroatoms. The van der Waals surface area contributed by atoms with Gasteiger partial charge in [0.2, 0.25) is 11.8 Å². The molecule has 1 unspecified atom stereocenters. The highest BCUT2D eigenvalue weighted by atomic mass is 16.2. The average molecular weight is 393 g/mol. The summed E-state index contributed by atoms with van der Waals surface area (Å²) in [5.41, 5.74) is 1.65. The Bertz CT molecular complexity index is 964. The predicted molar refractivity (Wildman–Crippen MR) is 110 cm³/mol. The van der Waals surface area contributed by atoms with E-state index in [0.717, 1.165) is 49.4 Å². The molecule has 2 amide bonds. The normalized spacial score (nSPS) is 23.0. The molecular formula is C22H27N5O2. The molecule has 1 atom stereocenters. The molecule has 0 N–H and O–H groups in total. The Labute approximate surface area is 170 Å². The Morgan fingerprint density at radius 2 is 2.07 bits per heavy atom. The lowest BCUT2D eigenvalue weighted by Crippen LogP contribution is -2.55. The van der Waals surface area contributed by atoms with E-state index < -0.39 is 5.54 Å². The van der Waals surface area contributed by atoms with Gasteiger partial charge in [0.05, 0.1) is 17.9 Å². The van der Waals surface area contributed by atoms with Crippen LogP contribution in [0.4, 0.5) is 5.69 Å². The van der Waals surface area contributed by atoms with E-state index in [0.29, 0.717) is 6.54 Å². The average Bonchev–Trinajstić information content (AvgIpc) is 3.32. The molecule has 2 fully saturated rings. The molecular weight excluding hydrogens is 366 g/mol. The van der Waals surface area contributed by atoms with Crippen LogP contribution in [0.15, 0.2) is 36.7 Å². The van der Waals surface area contributed by atoms with Gasteiger partial charge in [-0.1, -0.05) is 6.42 Å². The van der Waals surface area contributed by atoms with Gasteiger partial charge in [0.1, 0.15) is 5.54 Å². The highest BCUT2D eigenvalue weighted by molar-refractivity contribution is 5.84. The lowest BCUT2D eigenvalue weighted by Gasteiger charge is -2.47. The minimum atomic E-state index is -0.412. The van der Waals surface area contributed by atoms with E-state index in [2.05, 4.69) is 20.5 Å². The maximum Gasteiger partial charge on any atom is 0.241 e. The Balaban J connectivity index is 1.58. The zero-order valence-electron chi connectivity index (χ0n) is 17.0. The molecule has 29 heavy (non-hydrogen) atoms. The van der Waals surface area contributed by atoms with E-state index in [9.17, 15) is 9.59 Å². The zero-order chi connectivity index (χ0) is 20.2. The number of aromatic nitrogens is 2. The summed E-state index contributed by atoms with van der Waals surface area (Å²) in [6.45, 7) is 1.60. The van der Waals surface area contributed by atoms with Crippen LogP contribution in [0.5, 0.6) is 0 Å². The number of likely N-dealkylation sites (N-methyl/N-ethyl adjacent to an activating group) is 1. The monoisotopic (exact) mass is 393 g/mol. The van der Waals surface area contributed by atoms with Crippen LogP contribution < -0.4 is 4.90 Å². The molecule has 0 aromatic carbocycles. The third kappa shape index (κ3) is 2.67. The third-order valence-electron chi connectivity index (χ3n) is 6.83. The standard InChI is InChI=1S/C22H27N5O2/c1-24(2)19(28)14-27-17-8-4-11-23-20(17)26-12-5-9-18(26)22(27)10-13-25(15-22)21(29)16-6-3-7-16/h4-5,8-9,11-12,16H,3,6-7,10,13-15H2,1-2H3. The molecule has 1 aliphatic carbocycles. The van der Waals surface area contributed by atoms with Crippen molar-refractivity contribution in [3.05, 3.63) is 42.4 Å². The van der Waals surface area contributed by atoms with Crippen LogP contribution in [-0.4, -0.2) is 64.9 Å². The van der Waals surface area contributed by atoms with Crippen LogP contribution >= 0.6 is 0 Å². The van der Waals surface area contributed by atoms with Crippen LogP contribution in [0, 0.1) is 5.92 Å². The number of hydrogen-bond acceptors (Lipinski definition) is 4. The molecule has 0 radical (unpaired) electrons. The van der Waals surface area contributed by atoms with Gasteiger partial charge in [-0.2, -0.15) is 0 Å². The van der Waals surface area contributed by atoms with Crippen molar-refractivity contribution in [2.45, 2.75) is 31.2 Å². The fourth-order valence-electron chi connectivity index (χ4n) is 4.94. The second kappa shape index (κ2) is 6.61. The van der Waals surface area contributed by atoms with Gasteiger partial charge in [0.25, 0.3) is 0 Å². The molecule has 1 saturated carbocycles. The molecule has 0 bridgehead atoms. The van der Waals surface area contributed by atoms with Crippen molar-refractivity contribution in [1.82, 2.24) is 19.4 Å². The van der Waals surface area contributed by atoms with E-state index in [4.69, 9.17) is 0 Å². The number of likely N-dealkylation sites (tertiary alicyclic amines) is 1. The molecule has 152 valence electrons. The molecule has 2 aliphatic heterocycles. The molecule has 3 aliphatic rings. The van der Waals surface area contributed by atoms with Gasteiger partial charge in [-0.05, 0) is 43.5 Å². The van der Waals surface area contributed by atoms with Gasteiger partial charge in [-0.15, -0.1) is 0 Å². The summed E-state index contributed by atoms with van der Waals surface area (Å²) >= 11 is 0. The summed E-state index contributed by atoms with van der Waals surface area (Å²) in [5, 5.41) is 0. The largest absolute Gasteiger partial charge is 0.347 e. The van der Waals surface area contributed by atoms with E-state index in [-0.39, 0.29) is 24.3 Å². The molecule has 1 spiro atoms. The Hall–Kier alpha value is -2.83. The fraction of sp³-hybridized carbons (Fsp3) is 0.500. The highest BCUT2D eigenvalue weighted by Gasteiger charge is 2.52. The fourth-order valence-corrected chi connectivity index (χ4v) is 4.94. The molecule has 1 saturated heterocycles. The Kier molecular flexibility index (Phi) is 4.15. The first-order valence-corrected chi connectivity index (χ1v) is 10.4. The van der Waals surface area contributed by atoms with Crippen LogP contribution in [0.1, 0.15) is 31.4 Å². The SMILES string of the molecule is CN(C)C(=O)CN1c2cccnc2-n2cccc2C12CCN(C(=O)C1CCC1)C2. The second-order valence-corrected chi connectivity index (χ2v) is 8.65. The lowest BCUT2D eigenvalue weighted by atomic mass is 9.84. The summed E-state index contributed by atoms with van der Waals surface area (Å²) in [7, 11) is 3.57. The predicted octanol–water partition coefficient (Wildman–Crippen LogP) is 2.01.